The summed E-state index contributed by atoms with van der Waals surface area (Å²) in [5, 5.41) is 10.9. The fourth-order valence-corrected chi connectivity index (χ4v) is 1.59. The fraction of sp³-hybridized carbons (Fsp3) is 0.778. The van der Waals surface area contributed by atoms with Crippen molar-refractivity contribution < 1.29 is 14.7 Å². The zero-order valence-corrected chi connectivity index (χ0v) is 8.77. The van der Waals surface area contributed by atoms with Crippen LogP contribution in [0.5, 0.6) is 0 Å². The molecule has 0 heterocycles. The number of nitrogens with zero attached hydrogens (tertiary/aromatic N) is 1. The number of carbonyl (C=O) groups excluding carboxylic acids is 2. The lowest BCUT2D eigenvalue weighted by molar-refractivity contribution is -0.125. The minimum absolute atomic E-state index is 0.00465. The number of aliphatic hydroxyl groups is 1. The van der Waals surface area contributed by atoms with Gasteiger partial charge in [0.1, 0.15) is 0 Å². The Balaban J connectivity index is 2.50. The van der Waals surface area contributed by atoms with Gasteiger partial charge in [0, 0.05) is 12.6 Å². The molecule has 0 aromatic rings. The summed E-state index contributed by atoms with van der Waals surface area (Å²) in [6.45, 7) is 2.15. The topological polar surface area (TPSA) is 95.7 Å². The summed E-state index contributed by atoms with van der Waals surface area (Å²) < 4.78 is 0. The molecular formula is C9H17N3O3. The summed E-state index contributed by atoms with van der Waals surface area (Å²) in [4.78, 5) is 23.9. The minimum Gasteiger partial charge on any atom is -0.395 e. The number of primary amides is 1. The summed E-state index contributed by atoms with van der Waals surface area (Å²) in [6.07, 6.45) is 2.07. The van der Waals surface area contributed by atoms with Crippen LogP contribution in [0.25, 0.3) is 0 Å². The van der Waals surface area contributed by atoms with Gasteiger partial charge < -0.3 is 10.8 Å². The third kappa shape index (κ3) is 3.49. The molecule has 0 saturated heterocycles. The van der Waals surface area contributed by atoms with Crippen molar-refractivity contribution >= 4 is 11.9 Å². The van der Waals surface area contributed by atoms with Gasteiger partial charge in [-0.2, -0.15) is 0 Å². The monoisotopic (exact) mass is 215 g/mol. The predicted octanol–water partition coefficient (Wildman–Crippen LogP) is -0.973. The zero-order chi connectivity index (χ0) is 11.4. The van der Waals surface area contributed by atoms with Crippen LogP contribution in [-0.4, -0.2) is 47.2 Å². The van der Waals surface area contributed by atoms with Gasteiger partial charge >= 0.3 is 6.03 Å². The Kier molecular flexibility index (Phi) is 4.05. The lowest BCUT2D eigenvalue weighted by Gasteiger charge is -2.26. The van der Waals surface area contributed by atoms with E-state index in [4.69, 9.17) is 10.8 Å². The van der Waals surface area contributed by atoms with Gasteiger partial charge in [-0.05, 0) is 19.8 Å². The number of carbonyl (C=O) groups is 2. The van der Waals surface area contributed by atoms with Gasteiger partial charge in [-0.15, -0.1) is 0 Å². The number of urea groups is 1. The lowest BCUT2D eigenvalue weighted by Crippen LogP contribution is -2.50. The van der Waals surface area contributed by atoms with Crippen molar-refractivity contribution in [1.82, 2.24) is 10.2 Å². The average Bonchev–Trinajstić information content (AvgIpc) is 2.95. The van der Waals surface area contributed by atoms with Gasteiger partial charge in [0.15, 0.2) is 0 Å². The molecule has 1 rings (SSSR count). The Morgan fingerprint density at radius 2 is 2.20 bits per heavy atom. The molecule has 4 N–H and O–H groups in total. The summed E-state index contributed by atoms with van der Waals surface area (Å²) in [5.41, 5.74) is 4.86. The Bertz CT molecular complexity index is 253. The Hall–Kier alpha value is -1.14. The standard InChI is InChI=1S/C9H17N3O3/c1-6(8(14)11-9(10)15)12(4-5-13)7-2-3-7/h6-7,13H,2-5H2,1H3,(H3,10,11,14,15). The summed E-state index contributed by atoms with van der Waals surface area (Å²) in [6, 6.07) is -0.922. The Morgan fingerprint density at radius 3 is 2.60 bits per heavy atom. The number of amides is 3. The number of aliphatic hydroxyl groups excluding tert-OH is 1. The summed E-state index contributed by atoms with van der Waals surface area (Å²) in [7, 11) is 0. The first-order chi connectivity index (χ1) is 7.06. The Labute approximate surface area is 88.4 Å². The molecule has 15 heavy (non-hydrogen) atoms. The second-order valence-electron chi connectivity index (χ2n) is 3.72. The van der Waals surface area contributed by atoms with Crippen LogP contribution < -0.4 is 11.1 Å². The highest BCUT2D eigenvalue weighted by Crippen LogP contribution is 2.28. The van der Waals surface area contributed by atoms with Gasteiger partial charge in [-0.25, -0.2) is 4.79 Å². The van der Waals surface area contributed by atoms with E-state index < -0.39 is 18.0 Å². The average molecular weight is 215 g/mol. The van der Waals surface area contributed by atoms with Crippen LogP contribution >= 0.6 is 0 Å². The molecule has 1 unspecified atom stereocenters. The molecule has 6 heteroatoms. The molecule has 1 aliphatic carbocycles. The van der Waals surface area contributed by atoms with Crippen LogP contribution in [0.4, 0.5) is 4.79 Å². The van der Waals surface area contributed by atoms with Gasteiger partial charge in [-0.3, -0.25) is 15.0 Å². The van der Waals surface area contributed by atoms with Gasteiger partial charge in [-0.1, -0.05) is 0 Å². The van der Waals surface area contributed by atoms with Crippen LogP contribution in [-0.2, 0) is 4.79 Å². The first kappa shape index (κ1) is 11.9. The third-order valence-electron chi connectivity index (χ3n) is 2.50. The molecule has 1 saturated carbocycles. The number of nitrogens with two attached hydrogens (primary N) is 1. The van der Waals surface area contributed by atoms with E-state index in [0.29, 0.717) is 12.6 Å². The van der Waals surface area contributed by atoms with Gasteiger partial charge in [0.25, 0.3) is 0 Å². The van der Waals surface area contributed by atoms with Crippen molar-refractivity contribution in [1.29, 1.82) is 0 Å². The maximum Gasteiger partial charge on any atom is 0.318 e. The van der Waals surface area contributed by atoms with E-state index in [1.807, 2.05) is 10.2 Å². The molecule has 1 aliphatic rings. The number of rotatable bonds is 5. The Morgan fingerprint density at radius 1 is 1.60 bits per heavy atom. The SMILES string of the molecule is CC(C(=O)NC(N)=O)N(CCO)C1CC1. The van der Waals surface area contributed by atoms with E-state index in [0.717, 1.165) is 12.8 Å². The van der Waals surface area contributed by atoms with E-state index in [1.54, 1.807) is 6.92 Å². The van der Waals surface area contributed by atoms with Crippen molar-refractivity contribution in [2.24, 2.45) is 5.73 Å². The fourth-order valence-electron chi connectivity index (χ4n) is 1.59. The first-order valence-corrected chi connectivity index (χ1v) is 5.03. The molecule has 3 amide bonds. The number of nitrogens with one attached hydrogen (secondary N) is 1. The van der Waals surface area contributed by atoms with Gasteiger partial charge in [0.05, 0.1) is 12.6 Å². The lowest BCUT2D eigenvalue weighted by atomic mass is 10.2. The summed E-state index contributed by atoms with van der Waals surface area (Å²) in [5.74, 6) is -0.414. The quantitative estimate of drug-likeness (QED) is 0.549. The number of hydrogen-bond donors (Lipinski definition) is 3. The van der Waals surface area contributed by atoms with Crippen LogP contribution in [0.3, 0.4) is 0 Å². The molecule has 0 bridgehead atoms. The van der Waals surface area contributed by atoms with Crippen molar-refractivity contribution in [3.05, 3.63) is 0 Å². The molecule has 0 aromatic heterocycles. The molecule has 6 nitrogen and oxygen atoms in total. The van der Waals surface area contributed by atoms with Crippen molar-refractivity contribution in [2.45, 2.75) is 31.8 Å². The van der Waals surface area contributed by atoms with Gasteiger partial charge in [0.2, 0.25) is 5.91 Å². The van der Waals surface area contributed by atoms with Crippen LogP contribution in [0.15, 0.2) is 0 Å². The van der Waals surface area contributed by atoms with E-state index >= 15 is 0 Å². The smallest absolute Gasteiger partial charge is 0.318 e. The molecule has 1 fully saturated rings. The van der Waals surface area contributed by atoms with Crippen LogP contribution in [0.1, 0.15) is 19.8 Å². The second-order valence-corrected chi connectivity index (χ2v) is 3.72. The second kappa shape index (κ2) is 5.09. The molecule has 0 radical (unpaired) electrons. The van der Waals surface area contributed by atoms with Crippen molar-refractivity contribution in [3.63, 3.8) is 0 Å². The highest BCUT2D eigenvalue weighted by molar-refractivity contribution is 5.96. The minimum atomic E-state index is -0.841. The molecule has 0 spiro atoms. The maximum absolute atomic E-state index is 11.5. The molecule has 86 valence electrons. The molecule has 1 atom stereocenters. The molecular weight excluding hydrogens is 198 g/mol. The number of hydrogen-bond acceptors (Lipinski definition) is 4. The van der Waals surface area contributed by atoms with Crippen molar-refractivity contribution in [3.8, 4) is 0 Å². The zero-order valence-electron chi connectivity index (χ0n) is 8.77. The highest BCUT2D eigenvalue weighted by atomic mass is 16.3. The van der Waals surface area contributed by atoms with E-state index in [-0.39, 0.29) is 6.61 Å². The maximum atomic E-state index is 11.5. The van der Waals surface area contributed by atoms with Crippen molar-refractivity contribution in [2.75, 3.05) is 13.2 Å². The first-order valence-electron chi connectivity index (χ1n) is 5.03. The third-order valence-corrected chi connectivity index (χ3v) is 2.50. The largest absolute Gasteiger partial charge is 0.395 e. The van der Waals surface area contributed by atoms with Crippen LogP contribution in [0, 0.1) is 0 Å². The number of imide groups is 1. The van der Waals surface area contributed by atoms with Crippen LogP contribution in [0.2, 0.25) is 0 Å². The summed E-state index contributed by atoms with van der Waals surface area (Å²) >= 11 is 0. The molecule has 0 aromatic carbocycles. The molecule has 0 aliphatic heterocycles. The van der Waals surface area contributed by atoms with E-state index in [9.17, 15) is 9.59 Å². The highest BCUT2D eigenvalue weighted by Gasteiger charge is 2.34. The predicted molar refractivity (Wildman–Crippen MR) is 54.0 cm³/mol. The van der Waals surface area contributed by atoms with E-state index in [1.165, 1.54) is 0 Å². The van der Waals surface area contributed by atoms with E-state index in [2.05, 4.69) is 0 Å². The normalized spacial score (nSPS) is 17.5.